The van der Waals surface area contributed by atoms with E-state index in [0.29, 0.717) is 37.0 Å². The first-order valence-corrected chi connectivity index (χ1v) is 7.12. The number of amides is 3. The van der Waals surface area contributed by atoms with E-state index in [1.165, 1.54) is 0 Å². The summed E-state index contributed by atoms with van der Waals surface area (Å²) in [6, 6.07) is 8.46. The van der Waals surface area contributed by atoms with Crippen LogP contribution in [0.2, 0.25) is 0 Å². The third-order valence-corrected chi connectivity index (χ3v) is 3.27. The number of urea groups is 1. The lowest BCUT2D eigenvalue weighted by molar-refractivity contribution is 0.157. The lowest BCUT2D eigenvalue weighted by Gasteiger charge is -2.13. The van der Waals surface area contributed by atoms with Crippen molar-refractivity contribution in [3.05, 3.63) is 41.7 Å². The molecular formula is C15H16N4O4. The highest BCUT2D eigenvalue weighted by molar-refractivity contribution is 5.99. The van der Waals surface area contributed by atoms with Crippen molar-refractivity contribution in [1.82, 2.24) is 10.1 Å². The van der Waals surface area contributed by atoms with Gasteiger partial charge in [-0.15, -0.1) is 0 Å². The Morgan fingerprint density at radius 3 is 2.91 bits per heavy atom. The average molecular weight is 316 g/mol. The second kappa shape index (κ2) is 6.39. The third-order valence-electron chi connectivity index (χ3n) is 3.27. The Hall–Kier alpha value is -3.03. The van der Waals surface area contributed by atoms with Crippen molar-refractivity contribution in [1.29, 1.82) is 0 Å². The first kappa shape index (κ1) is 14.9. The number of nitrogens with one attached hydrogen (secondary N) is 2. The molecule has 8 heteroatoms. The number of carbonyl (C=O) groups excluding carboxylic acids is 2. The molecule has 2 N–H and O–H groups in total. The highest BCUT2D eigenvalue weighted by Gasteiger charge is 2.21. The predicted octanol–water partition coefficient (Wildman–Crippen LogP) is 2.58. The maximum absolute atomic E-state index is 11.9. The molecule has 0 aliphatic carbocycles. The van der Waals surface area contributed by atoms with Crippen LogP contribution in [0.5, 0.6) is 0 Å². The summed E-state index contributed by atoms with van der Waals surface area (Å²) in [6.45, 7) is 3.17. The smallest absolute Gasteiger partial charge is 0.410 e. The van der Waals surface area contributed by atoms with Crippen molar-refractivity contribution < 1.29 is 18.8 Å². The molecule has 0 unspecified atom stereocenters. The number of aromatic nitrogens is 1. The SMILES string of the molecule is Cc1cc(NC(=O)Nc2cccc(CN3CCOC3=O)c2)no1. The number of aryl methyl sites for hydroxylation is 1. The van der Waals surface area contributed by atoms with Crippen LogP contribution in [0, 0.1) is 6.92 Å². The zero-order valence-corrected chi connectivity index (χ0v) is 12.5. The Morgan fingerprint density at radius 1 is 1.35 bits per heavy atom. The Labute approximate surface area is 132 Å². The zero-order chi connectivity index (χ0) is 16.2. The minimum atomic E-state index is -0.420. The molecule has 2 heterocycles. The maximum atomic E-state index is 11.9. The van der Waals surface area contributed by atoms with Crippen molar-refractivity contribution in [2.24, 2.45) is 0 Å². The molecule has 1 saturated heterocycles. The van der Waals surface area contributed by atoms with Crippen LogP contribution in [0.3, 0.4) is 0 Å². The van der Waals surface area contributed by atoms with E-state index in [9.17, 15) is 9.59 Å². The molecule has 0 bridgehead atoms. The standard InChI is InChI=1S/C15H16N4O4/c1-10-7-13(18-23-10)17-14(20)16-12-4-2-3-11(8-12)9-19-5-6-22-15(19)21/h2-4,7-8H,5-6,9H2,1H3,(H2,16,17,18,20). The number of nitrogens with zero attached hydrogens (tertiary/aromatic N) is 2. The van der Waals surface area contributed by atoms with Crippen molar-refractivity contribution in [2.75, 3.05) is 23.8 Å². The summed E-state index contributed by atoms with van der Waals surface area (Å²) < 4.78 is 9.77. The molecule has 1 aliphatic heterocycles. The van der Waals surface area contributed by atoms with Gasteiger partial charge in [0.2, 0.25) is 0 Å². The van der Waals surface area contributed by atoms with E-state index in [2.05, 4.69) is 15.8 Å². The van der Waals surface area contributed by atoms with Crippen LogP contribution in [-0.2, 0) is 11.3 Å². The highest BCUT2D eigenvalue weighted by Crippen LogP contribution is 2.15. The van der Waals surface area contributed by atoms with Gasteiger partial charge in [0, 0.05) is 18.3 Å². The normalized spacial score (nSPS) is 13.8. The number of carbonyl (C=O) groups is 2. The van der Waals surface area contributed by atoms with Gasteiger partial charge >= 0.3 is 12.1 Å². The summed E-state index contributed by atoms with van der Waals surface area (Å²) in [5.74, 6) is 0.954. The van der Waals surface area contributed by atoms with Crippen LogP contribution in [0.15, 0.2) is 34.9 Å². The summed E-state index contributed by atoms with van der Waals surface area (Å²) in [6.07, 6.45) is -0.317. The Balaban J connectivity index is 1.60. The molecular weight excluding hydrogens is 300 g/mol. The monoisotopic (exact) mass is 316 g/mol. The van der Waals surface area contributed by atoms with Gasteiger partial charge in [0.05, 0.1) is 6.54 Å². The summed E-state index contributed by atoms with van der Waals surface area (Å²) >= 11 is 0. The number of anilines is 2. The van der Waals surface area contributed by atoms with E-state index < -0.39 is 6.03 Å². The molecule has 0 saturated carbocycles. The zero-order valence-electron chi connectivity index (χ0n) is 12.5. The summed E-state index contributed by atoms with van der Waals surface area (Å²) in [4.78, 5) is 25.0. The minimum Gasteiger partial charge on any atom is -0.448 e. The van der Waals surface area contributed by atoms with Gasteiger partial charge in [0.25, 0.3) is 0 Å². The van der Waals surface area contributed by atoms with Crippen LogP contribution in [0.4, 0.5) is 21.1 Å². The molecule has 120 valence electrons. The second-order valence-electron chi connectivity index (χ2n) is 5.14. The van der Waals surface area contributed by atoms with Gasteiger partial charge in [-0.05, 0) is 24.6 Å². The number of cyclic esters (lactones) is 1. The topological polar surface area (TPSA) is 96.7 Å². The second-order valence-corrected chi connectivity index (χ2v) is 5.14. The summed E-state index contributed by atoms with van der Waals surface area (Å²) in [7, 11) is 0. The quantitative estimate of drug-likeness (QED) is 0.903. The van der Waals surface area contributed by atoms with E-state index in [4.69, 9.17) is 9.26 Å². The van der Waals surface area contributed by atoms with Crippen molar-refractivity contribution in [3.63, 3.8) is 0 Å². The Bertz CT molecular complexity index is 728. The van der Waals surface area contributed by atoms with Crippen molar-refractivity contribution in [2.45, 2.75) is 13.5 Å². The molecule has 3 rings (SSSR count). The molecule has 0 spiro atoms. The first-order valence-electron chi connectivity index (χ1n) is 7.12. The fraction of sp³-hybridized carbons (Fsp3) is 0.267. The van der Waals surface area contributed by atoms with Crippen molar-refractivity contribution in [3.8, 4) is 0 Å². The molecule has 1 fully saturated rings. The third kappa shape index (κ3) is 3.79. The number of benzene rings is 1. The van der Waals surface area contributed by atoms with Gasteiger partial charge in [0.1, 0.15) is 12.4 Å². The van der Waals surface area contributed by atoms with Gasteiger partial charge in [-0.3, -0.25) is 5.32 Å². The van der Waals surface area contributed by atoms with Crippen LogP contribution in [0.25, 0.3) is 0 Å². The van der Waals surface area contributed by atoms with E-state index in [0.717, 1.165) is 5.56 Å². The van der Waals surface area contributed by atoms with Crippen LogP contribution in [-0.4, -0.2) is 35.3 Å². The Morgan fingerprint density at radius 2 is 2.22 bits per heavy atom. The lowest BCUT2D eigenvalue weighted by atomic mass is 10.2. The van der Waals surface area contributed by atoms with Crippen LogP contribution >= 0.6 is 0 Å². The first-order chi connectivity index (χ1) is 11.1. The molecule has 8 nitrogen and oxygen atoms in total. The van der Waals surface area contributed by atoms with E-state index >= 15 is 0 Å². The predicted molar refractivity (Wildman–Crippen MR) is 82.1 cm³/mol. The highest BCUT2D eigenvalue weighted by atomic mass is 16.6. The molecule has 23 heavy (non-hydrogen) atoms. The van der Waals surface area contributed by atoms with Gasteiger partial charge in [-0.1, -0.05) is 17.3 Å². The minimum absolute atomic E-state index is 0.317. The van der Waals surface area contributed by atoms with E-state index in [1.54, 1.807) is 30.0 Å². The lowest BCUT2D eigenvalue weighted by Crippen LogP contribution is -2.23. The molecule has 0 radical (unpaired) electrons. The average Bonchev–Trinajstić information content (AvgIpc) is 3.08. The van der Waals surface area contributed by atoms with Crippen molar-refractivity contribution >= 4 is 23.6 Å². The molecule has 1 aromatic heterocycles. The fourth-order valence-corrected chi connectivity index (χ4v) is 2.24. The maximum Gasteiger partial charge on any atom is 0.410 e. The molecule has 1 aromatic carbocycles. The van der Waals surface area contributed by atoms with Crippen LogP contribution in [0.1, 0.15) is 11.3 Å². The Kier molecular flexibility index (Phi) is 4.13. The van der Waals surface area contributed by atoms with Gasteiger partial charge in [-0.2, -0.15) is 0 Å². The summed E-state index contributed by atoms with van der Waals surface area (Å²) in [5, 5.41) is 8.97. The van der Waals surface area contributed by atoms with Gasteiger partial charge in [0.15, 0.2) is 5.82 Å². The van der Waals surface area contributed by atoms with Gasteiger partial charge in [-0.25, -0.2) is 9.59 Å². The fourth-order valence-electron chi connectivity index (χ4n) is 2.24. The molecule has 0 atom stereocenters. The summed E-state index contributed by atoms with van der Waals surface area (Å²) in [5.41, 5.74) is 1.52. The molecule has 3 amide bonds. The number of hydrogen-bond donors (Lipinski definition) is 2. The largest absolute Gasteiger partial charge is 0.448 e. The molecule has 1 aliphatic rings. The number of rotatable bonds is 4. The molecule has 2 aromatic rings. The number of ether oxygens (including phenoxy) is 1. The number of hydrogen-bond acceptors (Lipinski definition) is 5. The van der Waals surface area contributed by atoms with E-state index in [-0.39, 0.29) is 6.09 Å². The van der Waals surface area contributed by atoms with E-state index in [1.807, 2.05) is 12.1 Å². The van der Waals surface area contributed by atoms with Gasteiger partial charge < -0.3 is 19.5 Å². The van der Waals surface area contributed by atoms with Crippen LogP contribution < -0.4 is 10.6 Å².